The highest BCUT2D eigenvalue weighted by Gasteiger charge is 2.49. The predicted octanol–water partition coefficient (Wildman–Crippen LogP) is 5.45. The second-order valence-electron chi connectivity index (χ2n) is 14.0. The summed E-state index contributed by atoms with van der Waals surface area (Å²) in [5, 5.41) is 1.12. The maximum Gasteiger partial charge on any atom is 0.281 e. The number of carbonyl (C=O) groups is 9. The number of ketones is 1. The number of fused-ring (bicyclic) bond motifs is 2. The van der Waals surface area contributed by atoms with Gasteiger partial charge in [-0.3, -0.25) is 53.0 Å². The Hall–Kier alpha value is -6.63. The summed E-state index contributed by atoms with van der Waals surface area (Å²) in [4.78, 5) is 125. The number of benzene rings is 4. The van der Waals surface area contributed by atoms with E-state index in [2.05, 4.69) is 0 Å². The lowest BCUT2D eigenvalue weighted by Gasteiger charge is -2.35. The Morgan fingerprint density at radius 3 is 1.17 bits per heavy atom. The van der Waals surface area contributed by atoms with Crippen LogP contribution in [0.3, 0.4) is 0 Å². The van der Waals surface area contributed by atoms with E-state index in [0.29, 0.717) is 22.9 Å². The van der Waals surface area contributed by atoms with Gasteiger partial charge in [0.2, 0.25) is 0 Å². The van der Waals surface area contributed by atoms with E-state index in [1.807, 2.05) is 13.8 Å². The summed E-state index contributed by atoms with van der Waals surface area (Å²) in [5.41, 5.74) is 0.102. The Kier molecular flexibility index (Phi) is 7.80. The van der Waals surface area contributed by atoms with Crippen LogP contribution >= 0.6 is 0 Å². The molecular formula is C41H32N4O9. The van der Waals surface area contributed by atoms with Gasteiger partial charge in [-0.05, 0) is 75.2 Å². The molecule has 2 unspecified atom stereocenters. The van der Waals surface area contributed by atoms with Crippen LogP contribution in [0.4, 0.5) is 0 Å². The van der Waals surface area contributed by atoms with Crippen molar-refractivity contribution in [3.05, 3.63) is 116 Å². The first-order valence-electron chi connectivity index (χ1n) is 17.8. The smallest absolute Gasteiger partial charge is 0.281 e. The molecule has 0 fully saturated rings. The van der Waals surface area contributed by atoms with Gasteiger partial charge >= 0.3 is 0 Å². The number of amides is 8. The maximum atomic E-state index is 14.1. The normalized spacial score (nSPS) is 17.3. The van der Waals surface area contributed by atoms with Crippen LogP contribution in [-0.4, -0.2) is 84.9 Å². The van der Waals surface area contributed by atoms with Crippen LogP contribution in [0.15, 0.2) is 60.7 Å². The number of hydrogen-bond donors (Lipinski definition) is 0. The van der Waals surface area contributed by atoms with Gasteiger partial charge in [0, 0.05) is 45.1 Å². The van der Waals surface area contributed by atoms with Crippen molar-refractivity contribution in [1.82, 2.24) is 19.8 Å². The van der Waals surface area contributed by atoms with Crippen molar-refractivity contribution >= 4 is 63.8 Å². The van der Waals surface area contributed by atoms with Crippen molar-refractivity contribution < 1.29 is 43.2 Å². The molecular weight excluding hydrogens is 692 g/mol. The van der Waals surface area contributed by atoms with Crippen molar-refractivity contribution in [2.75, 3.05) is 0 Å². The number of hydrazine groups is 1. The molecule has 4 aliphatic rings. The number of carbonyl (C=O) groups excluding carboxylic acids is 9. The molecule has 0 bridgehead atoms. The van der Waals surface area contributed by atoms with Crippen LogP contribution in [-0.2, 0) is 0 Å². The number of hydrogen-bond acceptors (Lipinski definition) is 9. The molecule has 270 valence electrons. The fourth-order valence-electron chi connectivity index (χ4n) is 8.07. The fraction of sp³-hybridized carbons (Fsp3) is 0.244. The minimum absolute atomic E-state index is 0.0118. The van der Waals surface area contributed by atoms with Crippen LogP contribution in [0.1, 0.15) is 152 Å². The summed E-state index contributed by atoms with van der Waals surface area (Å²) in [5.74, 6) is -6.65. The van der Waals surface area contributed by atoms with Crippen molar-refractivity contribution in [2.45, 2.75) is 65.5 Å². The first kappa shape index (κ1) is 34.5. The number of imide groups is 4. The topological polar surface area (TPSA) is 167 Å². The van der Waals surface area contributed by atoms with E-state index in [0.717, 1.165) is 12.8 Å². The van der Waals surface area contributed by atoms with E-state index in [1.165, 1.54) is 70.5 Å². The molecule has 8 amide bonds. The third-order valence-electron chi connectivity index (χ3n) is 10.7. The zero-order valence-corrected chi connectivity index (χ0v) is 29.7. The summed E-state index contributed by atoms with van der Waals surface area (Å²) >= 11 is 0. The molecule has 54 heavy (non-hydrogen) atoms. The lowest BCUT2D eigenvalue weighted by atomic mass is 9.85. The SMILES string of the molecule is CCCC(C)N1C(=O)c2ccc(C(=O)c3ccc4c(c3)C(=O)N(N3C(=O)c5ccc6c7c(ccc(c57)C3=O)C(=O)N(C(C)CCC)C6=O)C4=O)cc2C1=O. The number of nitrogens with zero attached hydrogens (tertiary/aromatic N) is 4. The molecule has 13 heteroatoms. The molecule has 0 saturated carbocycles. The second kappa shape index (κ2) is 12.2. The van der Waals surface area contributed by atoms with Crippen LogP contribution in [0.25, 0.3) is 10.8 Å². The Labute approximate surface area is 308 Å². The van der Waals surface area contributed by atoms with E-state index >= 15 is 0 Å². The van der Waals surface area contributed by atoms with Gasteiger partial charge in [-0.25, -0.2) is 0 Å². The van der Waals surface area contributed by atoms with Gasteiger partial charge in [-0.1, -0.05) is 38.8 Å². The second-order valence-corrected chi connectivity index (χ2v) is 14.0. The minimum atomic E-state index is -1.03. The van der Waals surface area contributed by atoms with Gasteiger partial charge in [-0.2, -0.15) is 10.0 Å². The van der Waals surface area contributed by atoms with Gasteiger partial charge in [0.25, 0.3) is 47.3 Å². The minimum Gasteiger partial charge on any atom is -0.289 e. The Bertz CT molecular complexity index is 2450. The molecule has 2 atom stereocenters. The van der Waals surface area contributed by atoms with Gasteiger partial charge < -0.3 is 0 Å². The Morgan fingerprint density at radius 2 is 0.741 bits per heavy atom. The quantitative estimate of drug-likeness (QED) is 0.161. The van der Waals surface area contributed by atoms with Crippen LogP contribution < -0.4 is 0 Å². The maximum absolute atomic E-state index is 14.1. The molecule has 4 heterocycles. The van der Waals surface area contributed by atoms with Crippen molar-refractivity contribution in [3.63, 3.8) is 0 Å². The molecule has 4 aromatic carbocycles. The molecule has 0 saturated heterocycles. The van der Waals surface area contributed by atoms with E-state index < -0.39 is 53.0 Å². The molecule has 8 rings (SSSR count). The summed E-state index contributed by atoms with van der Waals surface area (Å²) < 4.78 is 0. The molecule has 13 nitrogen and oxygen atoms in total. The third kappa shape index (κ3) is 4.60. The van der Waals surface area contributed by atoms with Crippen molar-refractivity contribution in [1.29, 1.82) is 0 Å². The predicted molar refractivity (Wildman–Crippen MR) is 191 cm³/mol. The van der Waals surface area contributed by atoms with Gasteiger partial charge in [0.15, 0.2) is 5.78 Å². The Morgan fingerprint density at radius 1 is 0.444 bits per heavy atom. The van der Waals surface area contributed by atoms with Crippen LogP contribution in [0.5, 0.6) is 0 Å². The zero-order chi connectivity index (χ0) is 38.5. The van der Waals surface area contributed by atoms with Gasteiger partial charge in [0.05, 0.1) is 33.4 Å². The highest BCUT2D eigenvalue weighted by molar-refractivity contribution is 6.35. The average molecular weight is 725 g/mol. The average Bonchev–Trinajstić information content (AvgIpc) is 3.55. The molecule has 0 aromatic heterocycles. The van der Waals surface area contributed by atoms with E-state index in [1.54, 1.807) is 13.8 Å². The summed E-state index contributed by atoms with van der Waals surface area (Å²) in [7, 11) is 0. The monoisotopic (exact) mass is 724 g/mol. The molecule has 4 aromatic rings. The lowest BCUT2D eigenvalue weighted by Crippen LogP contribution is -2.54. The molecule has 4 aliphatic heterocycles. The van der Waals surface area contributed by atoms with E-state index in [-0.39, 0.29) is 78.5 Å². The molecule has 0 spiro atoms. The van der Waals surface area contributed by atoms with Gasteiger partial charge in [-0.15, -0.1) is 0 Å². The summed E-state index contributed by atoms with van der Waals surface area (Å²) in [6, 6.07) is 12.7. The van der Waals surface area contributed by atoms with Crippen molar-refractivity contribution in [2.24, 2.45) is 0 Å². The largest absolute Gasteiger partial charge is 0.289 e. The first-order valence-corrected chi connectivity index (χ1v) is 17.8. The summed E-state index contributed by atoms with van der Waals surface area (Å²) in [6.45, 7) is 7.45. The summed E-state index contributed by atoms with van der Waals surface area (Å²) in [6.07, 6.45) is 2.71. The molecule has 0 aliphatic carbocycles. The van der Waals surface area contributed by atoms with Crippen LogP contribution in [0, 0.1) is 0 Å². The zero-order valence-electron chi connectivity index (χ0n) is 29.7. The van der Waals surface area contributed by atoms with E-state index in [9.17, 15) is 43.2 Å². The highest BCUT2D eigenvalue weighted by Crippen LogP contribution is 2.40. The molecule has 0 radical (unpaired) electrons. The van der Waals surface area contributed by atoms with Crippen molar-refractivity contribution in [3.8, 4) is 0 Å². The highest BCUT2D eigenvalue weighted by atomic mass is 16.2. The first-order chi connectivity index (χ1) is 25.8. The van der Waals surface area contributed by atoms with E-state index in [4.69, 9.17) is 0 Å². The lowest BCUT2D eigenvalue weighted by molar-refractivity contribution is 0.00522. The fourth-order valence-corrected chi connectivity index (χ4v) is 8.07. The Balaban J connectivity index is 1.11. The standard InChI is InChI=1S/C41H32N4O9/c1-5-7-19(3)42-34(47)23-11-9-21(17-29(23)37(42)50)33(46)22-10-12-24-30(18-22)41(54)44(38(24)51)45-39(52)27-15-13-25-31-26(14-16-28(32(27)31)40(45)53)36(49)43(35(25)48)20(4)8-6-2/h9-20H,5-8H2,1-4H3. The molecule has 0 N–H and O–H groups in total. The number of rotatable bonds is 9. The van der Waals surface area contributed by atoms with Gasteiger partial charge in [0.1, 0.15) is 0 Å². The van der Waals surface area contributed by atoms with Crippen LogP contribution in [0.2, 0.25) is 0 Å². The third-order valence-corrected chi connectivity index (χ3v) is 10.7.